The van der Waals surface area contributed by atoms with Gasteiger partial charge < -0.3 is 4.90 Å². The Labute approximate surface area is 128 Å². The van der Waals surface area contributed by atoms with Crippen LogP contribution in [0.15, 0.2) is 18.2 Å². The maximum absolute atomic E-state index is 11.5. The van der Waals surface area contributed by atoms with Gasteiger partial charge >= 0.3 is 0 Å². The van der Waals surface area contributed by atoms with Gasteiger partial charge in [-0.15, -0.1) is 11.6 Å². The Kier molecular flexibility index (Phi) is 5.34. The summed E-state index contributed by atoms with van der Waals surface area (Å²) in [6.45, 7) is 3.92. The van der Waals surface area contributed by atoms with Crippen molar-refractivity contribution < 1.29 is 4.79 Å². The lowest BCUT2D eigenvalue weighted by atomic mass is 10.2. The largest absolute Gasteiger partial charge is 0.339 e. The molecule has 0 bridgehead atoms. The standard InChI is InChI=1S/C13H15Cl3N2O/c14-8-13(19)18-3-1-17(2-4-18)9-10-5-11(15)7-12(16)6-10/h5-7H,1-4,8-9H2. The summed E-state index contributed by atoms with van der Waals surface area (Å²) in [5, 5.41) is 1.30. The van der Waals surface area contributed by atoms with Gasteiger partial charge in [0.15, 0.2) is 0 Å². The van der Waals surface area contributed by atoms with Gasteiger partial charge in [-0.3, -0.25) is 9.69 Å². The molecule has 0 saturated carbocycles. The number of carbonyl (C=O) groups excluding carboxylic acids is 1. The van der Waals surface area contributed by atoms with E-state index in [0.29, 0.717) is 10.0 Å². The minimum atomic E-state index is 0.00659. The molecule has 0 atom stereocenters. The van der Waals surface area contributed by atoms with E-state index in [9.17, 15) is 4.79 Å². The Bertz CT molecular complexity index is 439. The minimum Gasteiger partial charge on any atom is -0.339 e. The number of benzene rings is 1. The van der Waals surface area contributed by atoms with E-state index in [2.05, 4.69) is 4.90 Å². The number of halogens is 3. The number of piperazine rings is 1. The van der Waals surface area contributed by atoms with Crippen LogP contribution in [0.25, 0.3) is 0 Å². The lowest BCUT2D eigenvalue weighted by molar-refractivity contribution is -0.130. The number of nitrogens with zero attached hydrogens (tertiary/aromatic N) is 2. The van der Waals surface area contributed by atoms with Gasteiger partial charge in [-0.05, 0) is 23.8 Å². The smallest absolute Gasteiger partial charge is 0.237 e. The zero-order valence-electron chi connectivity index (χ0n) is 10.4. The van der Waals surface area contributed by atoms with Gasteiger partial charge in [-0.25, -0.2) is 0 Å². The number of rotatable bonds is 3. The lowest BCUT2D eigenvalue weighted by Gasteiger charge is -2.34. The van der Waals surface area contributed by atoms with Gasteiger partial charge in [-0.1, -0.05) is 23.2 Å². The summed E-state index contributed by atoms with van der Waals surface area (Å²) in [6.07, 6.45) is 0. The number of alkyl halides is 1. The Morgan fingerprint density at radius 3 is 2.16 bits per heavy atom. The Morgan fingerprint density at radius 2 is 1.63 bits per heavy atom. The van der Waals surface area contributed by atoms with Gasteiger partial charge in [0.25, 0.3) is 0 Å². The van der Waals surface area contributed by atoms with Crippen LogP contribution in [0.1, 0.15) is 5.56 Å². The molecule has 2 rings (SSSR count). The van der Waals surface area contributed by atoms with Crippen LogP contribution in [-0.2, 0) is 11.3 Å². The van der Waals surface area contributed by atoms with Crippen LogP contribution in [-0.4, -0.2) is 47.8 Å². The molecule has 19 heavy (non-hydrogen) atoms. The molecule has 0 spiro atoms. The molecule has 1 aliphatic rings. The molecule has 1 aromatic carbocycles. The molecule has 6 heteroatoms. The van der Waals surface area contributed by atoms with Crippen LogP contribution in [0.5, 0.6) is 0 Å². The molecular formula is C13H15Cl3N2O. The number of hydrogen-bond donors (Lipinski definition) is 0. The minimum absolute atomic E-state index is 0.00659. The summed E-state index contributed by atoms with van der Waals surface area (Å²) in [5.74, 6) is 0.0660. The van der Waals surface area contributed by atoms with Gasteiger partial charge in [0.1, 0.15) is 5.88 Å². The van der Waals surface area contributed by atoms with Crippen LogP contribution < -0.4 is 0 Å². The average molecular weight is 322 g/mol. The van der Waals surface area contributed by atoms with E-state index in [-0.39, 0.29) is 11.8 Å². The Balaban J connectivity index is 1.90. The molecule has 0 N–H and O–H groups in total. The SMILES string of the molecule is O=C(CCl)N1CCN(Cc2cc(Cl)cc(Cl)c2)CC1. The van der Waals surface area contributed by atoms with Crippen LogP contribution in [0.4, 0.5) is 0 Å². The topological polar surface area (TPSA) is 23.6 Å². The summed E-state index contributed by atoms with van der Waals surface area (Å²) < 4.78 is 0. The maximum Gasteiger partial charge on any atom is 0.237 e. The average Bonchev–Trinajstić information content (AvgIpc) is 2.37. The molecule has 0 radical (unpaired) electrons. The maximum atomic E-state index is 11.5. The summed E-state index contributed by atoms with van der Waals surface area (Å²) in [7, 11) is 0. The Morgan fingerprint density at radius 1 is 1.05 bits per heavy atom. The lowest BCUT2D eigenvalue weighted by Crippen LogP contribution is -2.48. The number of hydrogen-bond acceptors (Lipinski definition) is 2. The van der Waals surface area contributed by atoms with Crippen molar-refractivity contribution in [3.05, 3.63) is 33.8 Å². The zero-order valence-corrected chi connectivity index (χ0v) is 12.7. The highest BCUT2D eigenvalue weighted by atomic mass is 35.5. The third kappa shape index (κ3) is 4.25. The first-order chi connectivity index (χ1) is 9.08. The first-order valence-electron chi connectivity index (χ1n) is 6.09. The van der Waals surface area contributed by atoms with Crippen molar-refractivity contribution in [3.8, 4) is 0 Å². The fraction of sp³-hybridized carbons (Fsp3) is 0.462. The van der Waals surface area contributed by atoms with E-state index in [1.165, 1.54) is 0 Å². The third-order valence-electron chi connectivity index (χ3n) is 3.17. The van der Waals surface area contributed by atoms with E-state index in [4.69, 9.17) is 34.8 Å². The van der Waals surface area contributed by atoms with Gasteiger partial charge in [0.2, 0.25) is 5.91 Å². The molecule has 1 fully saturated rings. The van der Waals surface area contributed by atoms with Gasteiger partial charge in [0, 0.05) is 42.8 Å². The normalized spacial score (nSPS) is 16.7. The second-order valence-electron chi connectivity index (χ2n) is 4.57. The second kappa shape index (κ2) is 6.80. The van der Waals surface area contributed by atoms with Crippen molar-refractivity contribution in [2.45, 2.75) is 6.54 Å². The molecule has 1 aliphatic heterocycles. The first kappa shape index (κ1) is 14.9. The van der Waals surface area contributed by atoms with Gasteiger partial charge in [0.05, 0.1) is 0 Å². The fourth-order valence-electron chi connectivity index (χ4n) is 2.20. The monoisotopic (exact) mass is 320 g/mol. The second-order valence-corrected chi connectivity index (χ2v) is 5.71. The fourth-order valence-corrected chi connectivity index (χ4v) is 2.94. The molecule has 1 amide bonds. The number of carbonyl (C=O) groups is 1. The van der Waals surface area contributed by atoms with E-state index < -0.39 is 0 Å². The zero-order chi connectivity index (χ0) is 13.8. The van der Waals surface area contributed by atoms with Crippen molar-refractivity contribution in [2.24, 2.45) is 0 Å². The summed E-state index contributed by atoms with van der Waals surface area (Å²) in [4.78, 5) is 15.5. The molecule has 104 valence electrons. The van der Waals surface area contributed by atoms with Crippen molar-refractivity contribution in [2.75, 3.05) is 32.1 Å². The van der Waals surface area contributed by atoms with Crippen LogP contribution in [0.3, 0.4) is 0 Å². The molecule has 1 aromatic rings. The molecule has 0 unspecified atom stereocenters. The highest BCUT2D eigenvalue weighted by Gasteiger charge is 2.20. The molecule has 0 aliphatic carbocycles. The number of amides is 1. The van der Waals surface area contributed by atoms with E-state index in [1.54, 1.807) is 11.0 Å². The quantitative estimate of drug-likeness (QED) is 0.799. The Hall–Kier alpha value is -0.480. The van der Waals surface area contributed by atoms with Crippen molar-refractivity contribution in [1.82, 2.24) is 9.80 Å². The van der Waals surface area contributed by atoms with Crippen molar-refractivity contribution in [1.29, 1.82) is 0 Å². The summed E-state index contributed by atoms with van der Waals surface area (Å²) >= 11 is 17.5. The highest BCUT2D eigenvalue weighted by Crippen LogP contribution is 2.20. The van der Waals surface area contributed by atoms with E-state index >= 15 is 0 Å². The molecular weight excluding hydrogens is 307 g/mol. The van der Waals surface area contributed by atoms with E-state index in [0.717, 1.165) is 38.3 Å². The molecule has 1 heterocycles. The predicted molar refractivity (Wildman–Crippen MR) is 79.0 cm³/mol. The third-order valence-corrected chi connectivity index (χ3v) is 3.83. The highest BCUT2D eigenvalue weighted by molar-refractivity contribution is 6.34. The predicted octanol–water partition coefficient (Wildman–Crippen LogP) is 2.88. The van der Waals surface area contributed by atoms with Crippen LogP contribution >= 0.6 is 34.8 Å². The van der Waals surface area contributed by atoms with Crippen molar-refractivity contribution >= 4 is 40.7 Å². The molecule has 1 saturated heterocycles. The van der Waals surface area contributed by atoms with E-state index in [1.807, 2.05) is 12.1 Å². The van der Waals surface area contributed by atoms with Crippen LogP contribution in [0.2, 0.25) is 10.0 Å². The summed E-state index contributed by atoms with van der Waals surface area (Å²) in [5.41, 5.74) is 1.09. The van der Waals surface area contributed by atoms with Crippen LogP contribution in [0, 0.1) is 0 Å². The summed E-state index contributed by atoms with van der Waals surface area (Å²) in [6, 6.07) is 5.57. The van der Waals surface area contributed by atoms with Gasteiger partial charge in [-0.2, -0.15) is 0 Å². The first-order valence-corrected chi connectivity index (χ1v) is 7.38. The molecule has 3 nitrogen and oxygen atoms in total. The molecule has 0 aromatic heterocycles. The van der Waals surface area contributed by atoms with Crippen molar-refractivity contribution in [3.63, 3.8) is 0 Å².